The number of hydrogen-bond acceptors (Lipinski definition) is 3. The predicted molar refractivity (Wildman–Crippen MR) is 50.3 cm³/mol. The minimum Gasteiger partial charge on any atom is -0.314 e. The molecule has 0 radical (unpaired) electrons. The third kappa shape index (κ3) is 2.52. The maximum atomic E-state index is 4.17. The molecule has 0 spiro atoms. The molecule has 0 aromatic carbocycles. The summed E-state index contributed by atoms with van der Waals surface area (Å²) in [5.41, 5.74) is 0. The van der Waals surface area contributed by atoms with E-state index in [2.05, 4.69) is 15.4 Å². The quantitative estimate of drug-likeness (QED) is 0.671. The van der Waals surface area contributed by atoms with Crippen molar-refractivity contribution >= 4 is 0 Å². The SMILES string of the molecule is Cn1ncnc1CCCNC1CC1. The highest BCUT2D eigenvalue weighted by molar-refractivity contribution is 4.85. The molecule has 1 aromatic rings. The largest absolute Gasteiger partial charge is 0.314 e. The molecule has 1 aromatic heterocycles. The number of nitrogens with zero attached hydrogens (tertiary/aromatic N) is 3. The maximum Gasteiger partial charge on any atom is 0.138 e. The molecular weight excluding hydrogens is 164 g/mol. The van der Waals surface area contributed by atoms with Crippen LogP contribution in [0.1, 0.15) is 25.1 Å². The predicted octanol–water partition coefficient (Wildman–Crippen LogP) is 0.500. The molecule has 0 atom stereocenters. The van der Waals surface area contributed by atoms with Crippen LogP contribution in [-0.4, -0.2) is 27.4 Å². The summed E-state index contributed by atoms with van der Waals surface area (Å²) in [5, 5.41) is 7.51. The van der Waals surface area contributed by atoms with Gasteiger partial charge < -0.3 is 5.32 Å². The third-order valence-corrected chi connectivity index (χ3v) is 2.39. The van der Waals surface area contributed by atoms with Gasteiger partial charge in [0.2, 0.25) is 0 Å². The van der Waals surface area contributed by atoms with Gasteiger partial charge in [-0.15, -0.1) is 0 Å². The van der Waals surface area contributed by atoms with Crippen molar-refractivity contribution in [2.75, 3.05) is 6.54 Å². The highest BCUT2D eigenvalue weighted by atomic mass is 15.3. The van der Waals surface area contributed by atoms with Crippen molar-refractivity contribution in [3.63, 3.8) is 0 Å². The molecule has 0 bridgehead atoms. The minimum atomic E-state index is 0.819. The Kier molecular flexibility index (Phi) is 2.59. The van der Waals surface area contributed by atoms with Crippen molar-refractivity contribution < 1.29 is 0 Å². The van der Waals surface area contributed by atoms with Gasteiger partial charge in [0, 0.05) is 19.5 Å². The molecule has 1 N–H and O–H groups in total. The first-order valence-electron chi connectivity index (χ1n) is 4.92. The molecule has 1 aliphatic rings. The fourth-order valence-corrected chi connectivity index (χ4v) is 1.39. The van der Waals surface area contributed by atoms with Crippen LogP contribution in [0.15, 0.2) is 6.33 Å². The van der Waals surface area contributed by atoms with Crippen molar-refractivity contribution in [2.24, 2.45) is 7.05 Å². The zero-order valence-corrected chi connectivity index (χ0v) is 8.03. The van der Waals surface area contributed by atoms with Crippen molar-refractivity contribution in [1.82, 2.24) is 20.1 Å². The van der Waals surface area contributed by atoms with Gasteiger partial charge in [0.1, 0.15) is 12.2 Å². The summed E-state index contributed by atoms with van der Waals surface area (Å²) in [5.74, 6) is 1.08. The first-order valence-corrected chi connectivity index (χ1v) is 4.92. The number of aromatic nitrogens is 3. The maximum absolute atomic E-state index is 4.17. The van der Waals surface area contributed by atoms with E-state index in [4.69, 9.17) is 0 Å². The van der Waals surface area contributed by atoms with Gasteiger partial charge in [-0.05, 0) is 25.8 Å². The Bertz CT molecular complexity index is 264. The second kappa shape index (κ2) is 3.87. The zero-order valence-electron chi connectivity index (χ0n) is 8.03. The van der Waals surface area contributed by atoms with Crippen LogP contribution in [0.5, 0.6) is 0 Å². The average molecular weight is 180 g/mol. The normalized spacial score (nSPS) is 16.4. The summed E-state index contributed by atoms with van der Waals surface area (Å²) in [6.07, 6.45) is 6.52. The van der Waals surface area contributed by atoms with Gasteiger partial charge in [0.05, 0.1) is 0 Å². The molecule has 0 amide bonds. The lowest BCUT2D eigenvalue weighted by Gasteiger charge is -2.01. The zero-order chi connectivity index (χ0) is 9.10. The van der Waals surface area contributed by atoms with Gasteiger partial charge in [-0.1, -0.05) is 0 Å². The Hall–Kier alpha value is -0.900. The molecule has 1 aliphatic carbocycles. The van der Waals surface area contributed by atoms with Gasteiger partial charge in [-0.3, -0.25) is 4.68 Å². The molecule has 72 valence electrons. The Balaban J connectivity index is 1.64. The molecule has 4 heteroatoms. The second-order valence-electron chi connectivity index (χ2n) is 3.63. The molecule has 0 saturated heterocycles. The van der Waals surface area contributed by atoms with Crippen molar-refractivity contribution in [1.29, 1.82) is 0 Å². The minimum absolute atomic E-state index is 0.819. The topological polar surface area (TPSA) is 42.7 Å². The summed E-state index contributed by atoms with van der Waals surface area (Å²) >= 11 is 0. The van der Waals surface area contributed by atoms with Crippen molar-refractivity contribution in [2.45, 2.75) is 31.7 Å². The number of rotatable bonds is 5. The first-order chi connectivity index (χ1) is 6.36. The molecule has 13 heavy (non-hydrogen) atoms. The number of aryl methyl sites for hydroxylation is 2. The van der Waals surface area contributed by atoms with Gasteiger partial charge in [-0.2, -0.15) is 5.10 Å². The number of hydrogen-bond donors (Lipinski definition) is 1. The van der Waals surface area contributed by atoms with Gasteiger partial charge >= 0.3 is 0 Å². The summed E-state index contributed by atoms with van der Waals surface area (Å²) in [7, 11) is 1.94. The van der Waals surface area contributed by atoms with E-state index in [1.165, 1.54) is 12.8 Å². The van der Waals surface area contributed by atoms with Crippen LogP contribution in [0, 0.1) is 0 Å². The fraction of sp³-hybridized carbons (Fsp3) is 0.778. The van der Waals surface area contributed by atoms with Crippen LogP contribution in [0.3, 0.4) is 0 Å². The summed E-state index contributed by atoms with van der Waals surface area (Å²) < 4.78 is 1.84. The third-order valence-electron chi connectivity index (χ3n) is 2.39. The van der Waals surface area contributed by atoms with Crippen LogP contribution in [0.2, 0.25) is 0 Å². The van der Waals surface area contributed by atoms with E-state index in [0.717, 1.165) is 31.3 Å². The van der Waals surface area contributed by atoms with Crippen LogP contribution in [0.4, 0.5) is 0 Å². The lowest BCUT2D eigenvalue weighted by molar-refractivity contribution is 0.613. The van der Waals surface area contributed by atoms with E-state index in [0.29, 0.717) is 0 Å². The van der Waals surface area contributed by atoms with Gasteiger partial charge in [0.15, 0.2) is 0 Å². The van der Waals surface area contributed by atoms with Gasteiger partial charge in [0.25, 0.3) is 0 Å². The molecule has 2 rings (SSSR count). The van der Waals surface area contributed by atoms with E-state index in [1.54, 1.807) is 6.33 Å². The van der Waals surface area contributed by atoms with Crippen LogP contribution in [0.25, 0.3) is 0 Å². The lowest BCUT2D eigenvalue weighted by Crippen LogP contribution is -2.18. The monoisotopic (exact) mass is 180 g/mol. The standard InChI is InChI=1S/C9H16N4/c1-13-9(11-7-12-13)3-2-6-10-8-4-5-8/h7-8,10H,2-6H2,1H3. The Labute approximate surface area is 78.4 Å². The molecule has 0 aliphatic heterocycles. The van der Waals surface area contributed by atoms with Crippen molar-refractivity contribution in [3.8, 4) is 0 Å². The highest BCUT2D eigenvalue weighted by Gasteiger charge is 2.19. The first kappa shape index (κ1) is 8.69. The highest BCUT2D eigenvalue weighted by Crippen LogP contribution is 2.18. The molecule has 1 fully saturated rings. The smallest absolute Gasteiger partial charge is 0.138 e. The molecule has 4 nitrogen and oxygen atoms in total. The van der Waals surface area contributed by atoms with E-state index < -0.39 is 0 Å². The Morgan fingerprint density at radius 2 is 2.46 bits per heavy atom. The van der Waals surface area contributed by atoms with E-state index in [-0.39, 0.29) is 0 Å². The van der Waals surface area contributed by atoms with Crippen molar-refractivity contribution in [3.05, 3.63) is 12.2 Å². The van der Waals surface area contributed by atoms with Crippen LogP contribution >= 0.6 is 0 Å². The summed E-state index contributed by atoms with van der Waals surface area (Å²) in [6, 6.07) is 0.819. The molecular formula is C9H16N4. The molecule has 1 heterocycles. The van der Waals surface area contributed by atoms with E-state index in [1.807, 2.05) is 11.7 Å². The summed E-state index contributed by atoms with van der Waals surface area (Å²) in [6.45, 7) is 1.11. The van der Waals surface area contributed by atoms with Crippen LogP contribution in [-0.2, 0) is 13.5 Å². The van der Waals surface area contributed by atoms with E-state index in [9.17, 15) is 0 Å². The fourth-order valence-electron chi connectivity index (χ4n) is 1.39. The molecule has 0 unspecified atom stereocenters. The lowest BCUT2D eigenvalue weighted by atomic mass is 10.3. The number of nitrogens with one attached hydrogen (secondary N) is 1. The Morgan fingerprint density at radius 3 is 3.08 bits per heavy atom. The Morgan fingerprint density at radius 1 is 1.62 bits per heavy atom. The average Bonchev–Trinajstić information content (AvgIpc) is 2.86. The van der Waals surface area contributed by atoms with E-state index >= 15 is 0 Å². The summed E-state index contributed by atoms with van der Waals surface area (Å²) in [4.78, 5) is 4.17. The second-order valence-corrected chi connectivity index (χ2v) is 3.63. The van der Waals surface area contributed by atoms with Crippen LogP contribution < -0.4 is 5.32 Å². The molecule has 1 saturated carbocycles. The van der Waals surface area contributed by atoms with Gasteiger partial charge in [-0.25, -0.2) is 4.98 Å².